The number of alkyl halides is 5. The Hall–Kier alpha value is -1.37. The van der Waals surface area contributed by atoms with Gasteiger partial charge in [0.2, 0.25) is 0 Å². The summed E-state index contributed by atoms with van der Waals surface area (Å²) in [5.41, 5.74) is 5.87. The van der Waals surface area contributed by atoms with Crippen molar-refractivity contribution in [1.82, 2.24) is 0 Å². The van der Waals surface area contributed by atoms with Crippen molar-refractivity contribution < 1.29 is 26.7 Å². The van der Waals surface area contributed by atoms with E-state index in [0.717, 1.165) is 12.1 Å². The first-order valence-electron chi connectivity index (χ1n) is 5.19. The van der Waals surface area contributed by atoms with Gasteiger partial charge in [-0.25, -0.2) is 0 Å². The van der Waals surface area contributed by atoms with Crippen LogP contribution in [-0.4, -0.2) is 18.8 Å². The first kappa shape index (κ1) is 14.7. The van der Waals surface area contributed by atoms with E-state index in [1.54, 1.807) is 6.07 Å². The van der Waals surface area contributed by atoms with E-state index in [4.69, 9.17) is 5.73 Å². The van der Waals surface area contributed by atoms with Crippen molar-refractivity contribution in [1.29, 1.82) is 0 Å². The van der Waals surface area contributed by atoms with Crippen molar-refractivity contribution in [3.8, 4) is 5.75 Å². The molecule has 0 atom stereocenters. The van der Waals surface area contributed by atoms with Crippen molar-refractivity contribution in [2.24, 2.45) is 5.73 Å². The lowest BCUT2D eigenvalue weighted by molar-refractivity contribution is -0.360. The fourth-order valence-electron chi connectivity index (χ4n) is 1.28. The van der Waals surface area contributed by atoms with Crippen LogP contribution in [0.1, 0.15) is 12.0 Å². The molecule has 0 radical (unpaired) electrons. The van der Waals surface area contributed by atoms with E-state index in [1.165, 1.54) is 6.07 Å². The average molecular weight is 269 g/mol. The van der Waals surface area contributed by atoms with Gasteiger partial charge in [-0.3, -0.25) is 0 Å². The monoisotopic (exact) mass is 269 g/mol. The molecular weight excluding hydrogens is 257 g/mol. The fourth-order valence-corrected chi connectivity index (χ4v) is 1.28. The first-order valence-corrected chi connectivity index (χ1v) is 5.19. The number of benzene rings is 1. The van der Waals surface area contributed by atoms with Gasteiger partial charge in [-0.15, -0.1) is 0 Å². The standard InChI is InChI=1S/C11H12F5NO/c12-10(13,14)11(15,16)18-9-5-1-3-8(7-9)4-2-6-17/h1,3,5,7H,2,4,6,17H2. The molecule has 1 rings (SSSR count). The number of hydrogen-bond acceptors (Lipinski definition) is 2. The molecule has 0 aliphatic rings. The molecule has 0 heterocycles. The van der Waals surface area contributed by atoms with Crippen molar-refractivity contribution in [3.05, 3.63) is 29.8 Å². The highest BCUT2D eigenvalue weighted by Crippen LogP contribution is 2.37. The van der Waals surface area contributed by atoms with E-state index in [9.17, 15) is 22.0 Å². The normalized spacial score (nSPS) is 12.6. The third-order valence-corrected chi connectivity index (χ3v) is 2.14. The molecule has 1 aromatic rings. The van der Waals surface area contributed by atoms with Crippen molar-refractivity contribution in [2.75, 3.05) is 6.54 Å². The van der Waals surface area contributed by atoms with Crippen LogP contribution in [0.4, 0.5) is 22.0 Å². The molecule has 0 fully saturated rings. The summed E-state index contributed by atoms with van der Waals surface area (Å²) in [6, 6.07) is 5.16. The lowest BCUT2D eigenvalue weighted by Gasteiger charge is -2.20. The van der Waals surface area contributed by atoms with Crippen LogP contribution in [0.2, 0.25) is 0 Å². The second-order valence-electron chi connectivity index (χ2n) is 3.66. The number of aryl methyl sites for hydroxylation is 1. The smallest absolute Gasteiger partial charge is 0.426 e. The molecule has 18 heavy (non-hydrogen) atoms. The molecular formula is C11H12F5NO. The van der Waals surface area contributed by atoms with Crippen molar-refractivity contribution in [3.63, 3.8) is 0 Å². The van der Waals surface area contributed by atoms with E-state index in [1.807, 2.05) is 0 Å². The lowest BCUT2D eigenvalue weighted by atomic mass is 10.1. The predicted molar refractivity (Wildman–Crippen MR) is 55.4 cm³/mol. The SMILES string of the molecule is NCCCc1cccc(OC(F)(F)C(F)(F)F)c1. The van der Waals surface area contributed by atoms with E-state index in [-0.39, 0.29) is 0 Å². The van der Waals surface area contributed by atoms with Gasteiger partial charge in [0, 0.05) is 0 Å². The summed E-state index contributed by atoms with van der Waals surface area (Å²) in [5.74, 6) is -0.521. The summed E-state index contributed by atoms with van der Waals surface area (Å²) in [4.78, 5) is 0. The molecule has 0 spiro atoms. The molecule has 0 aromatic heterocycles. The Morgan fingerprint density at radius 2 is 1.78 bits per heavy atom. The quantitative estimate of drug-likeness (QED) is 0.833. The van der Waals surface area contributed by atoms with Crippen LogP contribution in [-0.2, 0) is 6.42 Å². The molecule has 7 heteroatoms. The van der Waals surface area contributed by atoms with E-state index in [0.29, 0.717) is 24.9 Å². The maximum atomic E-state index is 12.6. The molecule has 1 aromatic carbocycles. The summed E-state index contributed by atoms with van der Waals surface area (Å²) in [6.45, 7) is 0.407. The number of nitrogens with two attached hydrogens (primary N) is 1. The topological polar surface area (TPSA) is 35.2 Å². The van der Waals surface area contributed by atoms with Crippen LogP contribution in [0.3, 0.4) is 0 Å². The Balaban J connectivity index is 2.79. The summed E-state index contributed by atoms with van der Waals surface area (Å²) >= 11 is 0. The average Bonchev–Trinajstić information content (AvgIpc) is 2.24. The Morgan fingerprint density at radius 3 is 2.33 bits per heavy atom. The second-order valence-corrected chi connectivity index (χ2v) is 3.66. The van der Waals surface area contributed by atoms with Gasteiger partial charge in [0.15, 0.2) is 0 Å². The molecule has 2 nitrogen and oxygen atoms in total. The van der Waals surface area contributed by atoms with Gasteiger partial charge in [0.1, 0.15) is 5.75 Å². The van der Waals surface area contributed by atoms with E-state index < -0.39 is 18.0 Å². The zero-order valence-electron chi connectivity index (χ0n) is 9.31. The number of halogens is 5. The third-order valence-electron chi connectivity index (χ3n) is 2.14. The highest BCUT2D eigenvalue weighted by atomic mass is 19.4. The molecule has 0 aliphatic carbocycles. The van der Waals surface area contributed by atoms with Crippen LogP contribution < -0.4 is 10.5 Å². The van der Waals surface area contributed by atoms with Gasteiger partial charge >= 0.3 is 12.3 Å². The molecule has 0 unspecified atom stereocenters. The predicted octanol–water partition coefficient (Wildman–Crippen LogP) is 3.11. The second kappa shape index (κ2) is 5.51. The highest BCUT2D eigenvalue weighted by molar-refractivity contribution is 5.29. The highest BCUT2D eigenvalue weighted by Gasteiger charge is 2.61. The Labute approximate surface area is 101 Å². The molecule has 0 aliphatic heterocycles. The van der Waals surface area contributed by atoms with Gasteiger partial charge in [-0.2, -0.15) is 22.0 Å². The van der Waals surface area contributed by atoms with E-state index in [2.05, 4.69) is 4.74 Å². The first-order chi connectivity index (χ1) is 8.26. The molecule has 0 amide bonds. The number of rotatable bonds is 5. The lowest BCUT2D eigenvalue weighted by Crippen LogP contribution is -2.41. The molecule has 2 N–H and O–H groups in total. The molecule has 0 bridgehead atoms. The van der Waals surface area contributed by atoms with Crippen molar-refractivity contribution in [2.45, 2.75) is 25.1 Å². The maximum absolute atomic E-state index is 12.6. The fraction of sp³-hybridized carbons (Fsp3) is 0.455. The number of ether oxygens (including phenoxy) is 1. The summed E-state index contributed by atoms with van der Waals surface area (Å²) in [7, 11) is 0. The van der Waals surface area contributed by atoms with Gasteiger partial charge < -0.3 is 10.5 Å². The summed E-state index contributed by atoms with van der Waals surface area (Å²) < 4.78 is 64.8. The zero-order valence-corrected chi connectivity index (χ0v) is 9.31. The summed E-state index contributed by atoms with van der Waals surface area (Å²) in [5, 5.41) is 0. The Morgan fingerprint density at radius 1 is 1.11 bits per heavy atom. The minimum absolute atomic E-state index is 0.407. The maximum Gasteiger partial charge on any atom is 0.499 e. The number of hydrogen-bond donors (Lipinski definition) is 1. The summed E-state index contributed by atoms with van der Waals surface area (Å²) in [6.07, 6.45) is -9.83. The van der Waals surface area contributed by atoms with Gasteiger partial charge in [0.25, 0.3) is 0 Å². The minimum atomic E-state index is -5.74. The minimum Gasteiger partial charge on any atom is -0.426 e. The van der Waals surface area contributed by atoms with Crippen LogP contribution >= 0.6 is 0 Å². The molecule has 0 saturated heterocycles. The largest absolute Gasteiger partial charge is 0.499 e. The zero-order chi connectivity index (χ0) is 13.8. The van der Waals surface area contributed by atoms with Crippen LogP contribution in [0.25, 0.3) is 0 Å². The molecule has 0 saturated carbocycles. The molecule has 102 valence electrons. The van der Waals surface area contributed by atoms with Gasteiger partial charge in [-0.1, -0.05) is 12.1 Å². The van der Waals surface area contributed by atoms with E-state index >= 15 is 0 Å². The Bertz CT molecular complexity index is 391. The van der Waals surface area contributed by atoms with Crippen LogP contribution in [0.5, 0.6) is 5.75 Å². The third kappa shape index (κ3) is 3.83. The van der Waals surface area contributed by atoms with Crippen molar-refractivity contribution >= 4 is 0 Å². The van der Waals surface area contributed by atoms with Crippen LogP contribution in [0.15, 0.2) is 24.3 Å². The Kier molecular flexibility index (Phi) is 4.50. The van der Waals surface area contributed by atoms with Gasteiger partial charge in [0.05, 0.1) is 0 Å². The van der Waals surface area contributed by atoms with Gasteiger partial charge in [-0.05, 0) is 37.1 Å². The van der Waals surface area contributed by atoms with Crippen LogP contribution in [0, 0.1) is 0 Å².